The Labute approximate surface area is 154 Å². The smallest absolute Gasteiger partial charge is 0.240 e. The highest BCUT2D eigenvalue weighted by Gasteiger charge is 2.16. The van der Waals surface area contributed by atoms with Gasteiger partial charge in [0, 0.05) is 25.7 Å². The number of sulfonamides is 1. The highest BCUT2D eigenvalue weighted by atomic mass is 32.2. The first-order valence-electron chi connectivity index (χ1n) is 8.23. The second-order valence-electron chi connectivity index (χ2n) is 6.01. The zero-order chi connectivity index (χ0) is 19.3. The summed E-state index contributed by atoms with van der Waals surface area (Å²) in [7, 11) is -2.13. The molecule has 0 fully saturated rings. The third-order valence-corrected chi connectivity index (χ3v) is 5.66. The number of hydrogen-bond donors (Lipinski definition) is 1. The summed E-state index contributed by atoms with van der Waals surface area (Å²) in [6.07, 6.45) is 0. The van der Waals surface area contributed by atoms with Crippen molar-refractivity contribution in [1.82, 2.24) is 4.72 Å². The van der Waals surface area contributed by atoms with Gasteiger partial charge >= 0.3 is 0 Å². The Bertz CT molecular complexity index is 877. The van der Waals surface area contributed by atoms with Crippen LogP contribution >= 0.6 is 0 Å². The maximum atomic E-state index is 12.4. The van der Waals surface area contributed by atoms with Gasteiger partial charge in [0.05, 0.1) is 12.0 Å². The van der Waals surface area contributed by atoms with Crippen LogP contribution in [0.3, 0.4) is 0 Å². The number of benzene rings is 2. The van der Waals surface area contributed by atoms with Crippen LogP contribution < -0.4 is 14.4 Å². The molecule has 1 N–H and O–H groups in total. The molecule has 0 saturated heterocycles. The molecule has 0 aliphatic rings. The quantitative estimate of drug-likeness (QED) is 0.806. The summed E-state index contributed by atoms with van der Waals surface area (Å²) in [4.78, 5) is 13.7. The first kappa shape index (κ1) is 19.9. The lowest BCUT2D eigenvalue weighted by Gasteiger charge is -2.22. The van der Waals surface area contributed by atoms with Crippen LogP contribution in [-0.2, 0) is 14.8 Å². The number of rotatable bonds is 7. The van der Waals surface area contributed by atoms with Crippen molar-refractivity contribution in [2.75, 3.05) is 25.1 Å². The molecule has 0 unspecified atom stereocenters. The van der Waals surface area contributed by atoms with E-state index in [2.05, 4.69) is 4.72 Å². The number of methoxy groups -OCH3 is 1. The molecule has 0 spiro atoms. The van der Waals surface area contributed by atoms with E-state index in [1.807, 2.05) is 32.0 Å². The number of aryl methyl sites for hydroxylation is 2. The molecule has 0 radical (unpaired) electrons. The minimum absolute atomic E-state index is 0.112. The highest BCUT2D eigenvalue weighted by Crippen LogP contribution is 2.19. The molecule has 2 aromatic rings. The van der Waals surface area contributed by atoms with Crippen LogP contribution in [0.15, 0.2) is 47.4 Å². The number of anilines is 1. The first-order chi connectivity index (χ1) is 12.2. The topological polar surface area (TPSA) is 75.7 Å². The number of hydrogen-bond acceptors (Lipinski definition) is 4. The van der Waals surface area contributed by atoms with Crippen molar-refractivity contribution in [3.63, 3.8) is 0 Å². The van der Waals surface area contributed by atoms with Gasteiger partial charge in [0.2, 0.25) is 15.9 Å². The van der Waals surface area contributed by atoms with Crippen molar-refractivity contribution in [2.24, 2.45) is 0 Å². The summed E-state index contributed by atoms with van der Waals surface area (Å²) < 4.78 is 32.3. The molecule has 0 bridgehead atoms. The average Bonchev–Trinajstić information content (AvgIpc) is 2.61. The van der Waals surface area contributed by atoms with Gasteiger partial charge in [0.25, 0.3) is 0 Å². The molecule has 0 atom stereocenters. The molecule has 2 aromatic carbocycles. The summed E-state index contributed by atoms with van der Waals surface area (Å²) in [5, 5.41) is 0. The Morgan fingerprint density at radius 3 is 2.27 bits per heavy atom. The van der Waals surface area contributed by atoms with Crippen LogP contribution in [-0.4, -0.2) is 34.5 Å². The molecule has 0 aromatic heterocycles. The molecule has 6 nitrogen and oxygen atoms in total. The van der Waals surface area contributed by atoms with Crippen molar-refractivity contribution < 1.29 is 17.9 Å². The normalized spacial score (nSPS) is 11.2. The molecule has 26 heavy (non-hydrogen) atoms. The Morgan fingerprint density at radius 1 is 1.08 bits per heavy atom. The van der Waals surface area contributed by atoms with Gasteiger partial charge in [-0.1, -0.05) is 6.07 Å². The fraction of sp³-hybridized carbons (Fsp3) is 0.316. The fourth-order valence-corrected chi connectivity index (χ4v) is 3.51. The molecule has 0 saturated carbocycles. The second kappa shape index (κ2) is 8.33. The molecule has 7 heteroatoms. The summed E-state index contributed by atoms with van der Waals surface area (Å²) in [6.45, 7) is 5.80. The lowest BCUT2D eigenvalue weighted by atomic mass is 10.1. The molecular formula is C19H24N2O4S. The first-order valence-corrected chi connectivity index (χ1v) is 9.72. The third kappa shape index (κ3) is 4.83. The molecule has 1 amide bonds. The van der Waals surface area contributed by atoms with Gasteiger partial charge in [0.1, 0.15) is 5.75 Å². The molecule has 2 rings (SSSR count). The van der Waals surface area contributed by atoms with Gasteiger partial charge in [-0.05, 0) is 61.4 Å². The zero-order valence-electron chi connectivity index (χ0n) is 15.4. The van der Waals surface area contributed by atoms with E-state index in [-0.39, 0.29) is 23.9 Å². The maximum absolute atomic E-state index is 12.4. The number of ether oxygens (including phenoxy) is 1. The molecule has 0 heterocycles. The lowest BCUT2D eigenvalue weighted by molar-refractivity contribution is -0.116. The summed E-state index contributed by atoms with van der Waals surface area (Å²) >= 11 is 0. The van der Waals surface area contributed by atoms with E-state index >= 15 is 0 Å². The lowest BCUT2D eigenvalue weighted by Crippen LogP contribution is -2.37. The largest absolute Gasteiger partial charge is 0.497 e. The van der Waals surface area contributed by atoms with E-state index in [1.165, 1.54) is 26.2 Å². The van der Waals surface area contributed by atoms with Gasteiger partial charge in [-0.2, -0.15) is 0 Å². The minimum atomic E-state index is -3.65. The SMILES string of the molecule is COc1ccc(S(=O)(=O)NCCN(C(C)=O)c2ccc(C)c(C)c2)cc1. The monoisotopic (exact) mass is 376 g/mol. The van der Waals surface area contributed by atoms with Crippen molar-refractivity contribution in [1.29, 1.82) is 0 Å². The molecular weight excluding hydrogens is 352 g/mol. The molecule has 0 aliphatic heterocycles. The third-order valence-electron chi connectivity index (χ3n) is 4.18. The zero-order valence-corrected chi connectivity index (χ0v) is 16.3. The predicted octanol–water partition coefficient (Wildman–Crippen LogP) is 2.64. The van der Waals surface area contributed by atoms with Crippen molar-refractivity contribution in [3.8, 4) is 5.75 Å². The maximum Gasteiger partial charge on any atom is 0.240 e. The number of nitrogens with zero attached hydrogens (tertiary/aromatic N) is 1. The minimum Gasteiger partial charge on any atom is -0.497 e. The van der Waals surface area contributed by atoms with Crippen LogP contribution in [0.4, 0.5) is 5.69 Å². The Hall–Kier alpha value is -2.38. The van der Waals surface area contributed by atoms with Crippen molar-refractivity contribution >= 4 is 21.6 Å². The number of nitrogens with one attached hydrogen (secondary N) is 1. The van der Waals surface area contributed by atoms with E-state index in [0.29, 0.717) is 5.75 Å². The van der Waals surface area contributed by atoms with Crippen LogP contribution in [0.25, 0.3) is 0 Å². The summed E-state index contributed by atoms with van der Waals surface area (Å²) in [5.74, 6) is 0.443. The van der Waals surface area contributed by atoms with Crippen molar-refractivity contribution in [2.45, 2.75) is 25.7 Å². The van der Waals surface area contributed by atoms with Gasteiger partial charge in [0.15, 0.2) is 0 Å². The summed E-state index contributed by atoms with van der Waals surface area (Å²) in [5.41, 5.74) is 2.97. The predicted molar refractivity (Wildman–Crippen MR) is 102 cm³/mol. The molecule has 140 valence electrons. The van der Waals surface area contributed by atoms with Crippen LogP contribution in [0, 0.1) is 13.8 Å². The van der Waals surface area contributed by atoms with E-state index in [4.69, 9.17) is 4.74 Å². The fourth-order valence-electron chi connectivity index (χ4n) is 2.49. The number of amides is 1. The van der Waals surface area contributed by atoms with Crippen LogP contribution in [0.2, 0.25) is 0 Å². The van der Waals surface area contributed by atoms with Gasteiger partial charge in [-0.3, -0.25) is 4.79 Å². The molecule has 0 aliphatic carbocycles. The Balaban J connectivity index is 2.06. The van der Waals surface area contributed by atoms with Crippen LogP contribution in [0.1, 0.15) is 18.1 Å². The second-order valence-corrected chi connectivity index (χ2v) is 7.78. The number of carbonyl (C=O) groups excluding carboxylic acids is 1. The Morgan fingerprint density at radius 2 is 1.73 bits per heavy atom. The van der Waals surface area contributed by atoms with Gasteiger partial charge < -0.3 is 9.64 Å². The Kier molecular flexibility index (Phi) is 6.39. The van der Waals surface area contributed by atoms with Gasteiger partial charge in [-0.25, -0.2) is 13.1 Å². The van der Waals surface area contributed by atoms with Gasteiger partial charge in [-0.15, -0.1) is 0 Å². The van der Waals surface area contributed by atoms with E-state index < -0.39 is 10.0 Å². The van der Waals surface area contributed by atoms with Crippen LogP contribution in [0.5, 0.6) is 5.75 Å². The van der Waals surface area contributed by atoms with E-state index in [1.54, 1.807) is 17.0 Å². The highest BCUT2D eigenvalue weighted by molar-refractivity contribution is 7.89. The van der Waals surface area contributed by atoms with E-state index in [0.717, 1.165) is 16.8 Å². The average molecular weight is 376 g/mol. The van der Waals surface area contributed by atoms with E-state index in [9.17, 15) is 13.2 Å². The van der Waals surface area contributed by atoms with Crippen molar-refractivity contribution in [3.05, 3.63) is 53.6 Å². The standard InChI is InChI=1S/C19H24N2O4S/c1-14-5-6-17(13-15(14)2)21(16(3)22)12-11-20-26(23,24)19-9-7-18(25-4)8-10-19/h5-10,13,20H,11-12H2,1-4H3. The summed E-state index contributed by atoms with van der Waals surface area (Å²) in [6, 6.07) is 11.9. The number of carbonyl (C=O) groups is 1.